The van der Waals surface area contributed by atoms with Crippen LogP contribution in [0, 0.1) is 12.7 Å². The number of hydrogen-bond acceptors (Lipinski definition) is 7. The summed E-state index contributed by atoms with van der Waals surface area (Å²) in [6, 6.07) is 11.2. The van der Waals surface area contributed by atoms with Crippen molar-refractivity contribution in [3.63, 3.8) is 0 Å². The minimum absolute atomic E-state index is 0.333. The quantitative estimate of drug-likeness (QED) is 0.432. The first-order valence-corrected chi connectivity index (χ1v) is 13.6. The van der Waals surface area contributed by atoms with Crippen molar-refractivity contribution in [2.24, 2.45) is 0 Å². The number of piperazine rings is 1. The van der Waals surface area contributed by atoms with Gasteiger partial charge in [-0.3, -0.25) is 4.40 Å². The number of rotatable bonds is 3. The van der Waals surface area contributed by atoms with Crippen molar-refractivity contribution in [3.8, 4) is 0 Å². The highest BCUT2D eigenvalue weighted by molar-refractivity contribution is 7.88. The first-order valence-electron chi connectivity index (χ1n) is 11.7. The zero-order valence-corrected chi connectivity index (χ0v) is 20.5. The number of fused-ring (bicyclic) bond motifs is 4. The third-order valence-electron chi connectivity index (χ3n) is 7.00. The van der Waals surface area contributed by atoms with Gasteiger partial charge in [0.2, 0.25) is 10.0 Å². The van der Waals surface area contributed by atoms with Crippen LogP contribution < -0.4 is 9.80 Å². The van der Waals surface area contributed by atoms with E-state index in [1.807, 2.05) is 19.1 Å². The molecule has 2 aromatic carbocycles. The monoisotopic (exact) mass is 495 g/mol. The summed E-state index contributed by atoms with van der Waals surface area (Å²) in [4.78, 5) is 9.11. The van der Waals surface area contributed by atoms with Crippen molar-refractivity contribution >= 4 is 43.9 Å². The number of hydrogen-bond donors (Lipinski definition) is 0. The molecule has 0 radical (unpaired) electrons. The van der Waals surface area contributed by atoms with Crippen molar-refractivity contribution in [3.05, 3.63) is 53.6 Å². The molecule has 1 fully saturated rings. The van der Waals surface area contributed by atoms with Gasteiger partial charge < -0.3 is 9.80 Å². The molecule has 2 aliphatic rings. The number of aromatic nitrogens is 4. The predicted octanol–water partition coefficient (Wildman–Crippen LogP) is 2.89. The van der Waals surface area contributed by atoms with Gasteiger partial charge in [-0.25, -0.2) is 12.8 Å². The summed E-state index contributed by atoms with van der Waals surface area (Å²) < 4.78 is 42.5. The second kappa shape index (κ2) is 8.13. The van der Waals surface area contributed by atoms with Gasteiger partial charge in [0.15, 0.2) is 0 Å². The topological polar surface area (TPSA) is 86.9 Å². The molecule has 0 amide bonds. The number of anilines is 3. The van der Waals surface area contributed by atoms with Crippen molar-refractivity contribution < 1.29 is 12.8 Å². The molecule has 182 valence electrons. The Morgan fingerprint density at radius 3 is 2.46 bits per heavy atom. The van der Waals surface area contributed by atoms with Crippen molar-refractivity contribution in [1.29, 1.82) is 0 Å². The molecule has 0 bridgehead atoms. The molecule has 9 nitrogen and oxygen atoms in total. The number of aryl methyl sites for hydroxylation is 1. The fourth-order valence-electron chi connectivity index (χ4n) is 5.36. The lowest BCUT2D eigenvalue weighted by Crippen LogP contribution is -2.48. The van der Waals surface area contributed by atoms with Gasteiger partial charge in [-0.1, -0.05) is 12.1 Å². The normalized spacial score (nSPS) is 17.3. The van der Waals surface area contributed by atoms with Crippen LogP contribution in [0.15, 0.2) is 36.4 Å². The maximum atomic E-state index is 15.3. The van der Waals surface area contributed by atoms with Gasteiger partial charge in [-0.2, -0.15) is 9.29 Å². The summed E-state index contributed by atoms with van der Waals surface area (Å²) in [7, 11) is -3.19. The molecular formula is C24H26FN7O2S. The molecule has 11 heteroatoms. The fraction of sp³-hybridized carbons (Fsp3) is 0.375. The standard InChI is InChI=1S/C24H26FN7O2S/c1-16-27-28-24-26-23(22-18(25)7-3-10-21(22)32(16)24)31-11-5-6-17-19(8-4-9-20(17)31)29-12-14-30(15-13-29)35(2,33)34/h3-4,7-10H,5-6,11-15H2,1-2H3. The molecule has 0 unspecified atom stereocenters. The Bertz CT molecular complexity index is 1560. The van der Waals surface area contributed by atoms with E-state index in [1.165, 1.54) is 22.2 Å². The highest BCUT2D eigenvalue weighted by Crippen LogP contribution is 2.41. The molecule has 0 aliphatic carbocycles. The Hall–Kier alpha value is -3.31. The van der Waals surface area contributed by atoms with Gasteiger partial charge in [0.25, 0.3) is 5.78 Å². The first kappa shape index (κ1) is 22.2. The number of nitrogens with zero attached hydrogens (tertiary/aromatic N) is 7. The molecule has 0 saturated carbocycles. The molecule has 0 N–H and O–H groups in total. The van der Waals surface area contributed by atoms with Crippen molar-refractivity contribution in [1.82, 2.24) is 23.9 Å². The largest absolute Gasteiger partial charge is 0.369 e. The van der Waals surface area contributed by atoms with Crippen LogP contribution in [-0.4, -0.2) is 71.3 Å². The van der Waals surface area contributed by atoms with Gasteiger partial charge >= 0.3 is 0 Å². The van der Waals surface area contributed by atoms with Crippen LogP contribution in [0.25, 0.3) is 16.7 Å². The van der Waals surface area contributed by atoms with E-state index in [0.29, 0.717) is 61.0 Å². The molecule has 4 aromatic rings. The van der Waals surface area contributed by atoms with Crippen LogP contribution in [0.4, 0.5) is 21.6 Å². The zero-order chi connectivity index (χ0) is 24.3. The van der Waals surface area contributed by atoms with Crippen molar-refractivity contribution in [2.45, 2.75) is 19.8 Å². The van der Waals surface area contributed by atoms with Crippen LogP contribution in [0.3, 0.4) is 0 Å². The van der Waals surface area contributed by atoms with Crippen LogP contribution in [0.2, 0.25) is 0 Å². The van der Waals surface area contributed by atoms with Gasteiger partial charge in [0.05, 0.1) is 17.2 Å². The molecule has 6 rings (SSSR count). The van der Waals surface area contributed by atoms with Crippen LogP contribution >= 0.6 is 0 Å². The number of benzene rings is 2. The number of sulfonamides is 1. The second-order valence-electron chi connectivity index (χ2n) is 9.13. The molecule has 35 heavy (non-hydrogen) atoms. The van der Waals surface area contributed by atoms with Gasteiger partial charge in [0, 0.05) is 44.1 Å². The van der Waals surface area contributed by atoms with Crippen molar-refractivity contribution in [2.75, 3.05) is 48.8 Å². The van der Waals surface area contributed by atoms with E-state index < -0.39 is 10.0 Å². The lowest BCUT2D eigenvalue weighted by atomic mass is 9.98. The smallest absolute Gasteiger partial charge is 0.257 e. The fourth-order valence-corrected chi connectivity index (χ4v) is 6.18. The summed E-state index contributed by atoms with van der Waals surface area (Å²) in [6.45, 7) is 4.73. The van der Waals surface area contributed by atoms with E-state index in [0.717, 1.165) is 24.2 Å². The molecule has 0 spiro atoms. The Balaban J connectivity index is 1.45. The minimum Gasteiger partial charge on any atom is -0.369 e. The van der Waals surface area contributed by atoms with Crippen LogP contribution in [0.5, 0.6) is 0 Å². The van der Waals surface area contributed by atoms with Gasteiger partial charge in [0.1, 0.15) is 17.5 Å². The molecule has 1 saturated heterocycles. The zero-order valence-electron chi connectivity index (χ0n) is 19.6. The summed E-state index contributed by atoms with van der Waals surface area (Å²) in [5.41, 5.74) is 3.96. The van der Waals surface area contributed by atoms with E-state index in [9.17, 15) is 8.42 Å². The average molecular weight is 496 g/mol. The summed E-state index contributed by atoms with van der Waals surface area (Å²) >= 11 is 0. The maximum Gasteiger partial charge on any atom is 0.257 e. The Morgan fingerprint density at radius 2 is 1.69 bits per heavy atom. The van der Waals surface area contributed by atoms with E-state index >= 15 is 4.39 Å². The van der Waals surface area contributed by atoms with Crippen LogP contribution in [0.1, 0.15) is 17.8 Å². The predicted molar refractivity (Wildman–Crippen MR) is 133 cm³/mol. The summed E-state index contributed by atoms with van der Waals surface area (Å²) in [5.74, 6) is 1.30. The maximum absolute atomic E-state index is 15.3. The Morgan fingerprint density at radius 1 is 0.943 bits per heavy atom. The molecule has 0 atom stereocenters. The third kappa shape index (κ3) is 3.61. The van der Waals surface area contributed by atoms with Gasteiger partial charge in [-0.15, -0.1) is 10.2 Å². The van der Waals surface area contributed by atoms with Gasteiger partial charge in [-0.05, 0) is 49.6 Å². The summed E-state index contributed by atoms with van der Waals surface area (Å²) in [5, 5.41) is 8.83. The Labute approximate surface area is 202 Å². The highest BCUT2D eigenvalue weighted by atomic mass is 32.2. The van der Waals surface area contributed by atoms with E-state index in [2.05, 4.69) is 32.1 Å². The molecular weight excluding hydrogens is 469 g/mol. The van der Waals surface area contributed by atoms with E-state index in [4.69, 9.17) is 4.98 Å². The summed E-state index contributed by atoms with van der Waals surface area (Å²) in [6.07, 6.45) is 3.04. The minimum atomic E-state index is -3.19. The third-order valence-corrected chi connectivity index (χ3v) is 8.30. The highest BCUT2D eigenvalue weighted by Gasteiger charge is 2.29. The van der Waals surface area contributed by atoms with E-state index in [1.54, 1.807) is 10.5 Å². The SMILES string of the molecule is Cc1nnc2nc(N3CCCc4c(N5CCN(S(C)(=O)=O)CC5)cccc43)c3c(F)cccc3n12. The van der Waals surface area contributed by atoms with E-state index in [-0.39, 0.29) is 5.82 Å². The first-order chi connectivity index (χ1) is 16.8. The molecule has 4 heterocycles. The average Bonchev–Trinajstić information content (AvgIpc) is 3.23. The molecule has 2 aromatic heterocycles. The van der Waals surface area contributed by atoms with Crippen LogP contribution in [-0.2, 0) is 16.4 Å². The number of halogens is 1. The molecule has 2 aliphatic heterocycles. The second-order valence-corrected chi connectivity index (χ2v) is 11.1. The lowest BCUT2D eigenvalue weighted by molar-refractivity contribution is 0.387. The lowest BCUT2D eigenvalue weighted by Gasteiger charge is -2.38. The Kier molecular flexibility index (Phi) is 5.15.